The second-order valence-electron chi connectivity index (χ2n) is 4.49. The highest BCUT2D eigenvalue weighted by Crippen LogP contribution is 2.26. The number of halogens is 2. The van der Waals surface area contributed by atoms with E-state index in [1.165, 1.54) is 6.07 Å². The van der Waals surface area contributed by atoms with E-state index in [0.717, 1.165) is 16.7 Å². The van der Waals surface area contributed by atoms with Crippen molar-refractivity contribution >= 4 is 11.6 Å². The Balaban J connectivity index is 2.44. The molecule has 1 atom stereocenters. The number of hydrogen-bond donors (Lipinski definition) is 1. The van der Waals surface area contributed by atoms with E-state index in [-0.39, 0.29) is 11.9 Å². The number of benzene rings is 2. The van der Waals surface area contributed by atoms with E-state index in [0.29, 0.717) is 10.6 Å². The normalized spacial score (nSPS) is 12.5. The fourth-order valence-electron chi connectivity index (χ4n) is 1.99. The summed E-state index contributed by atoms with van der Waals surface area (Å²) < 4.78 is 13.2. The van der Waals surface area contributed by atoms with Gasteiger partial charge in [0.1, 0.15) is 5.82 Å². The molecule has 0 aliphatic carbocycles. The number of aryl methyl sites for hydroxylation is 2. The Kier molecular flexibility index (Phi) is 3.69. The molecule has 0 saturated carbocycles. The molecule has 18 heavy (non-hydrogen) atoms. The highest BCUT2D eigenvalue weighted by Gasteiger charge is 2.13. The fourth-order valence-corrected chi connectivity index (χ4v) is 2.17. The molecule has 0 radical (unpaired) electrons. The van der Waals surface area contributed by atoms with Gasteiger partial charge in [0.05, 0.1) is 6.04 Å². The zero-order chi connectivity index (χ0) is 13.3. The number of rotatable bonds is 2. The van der Waals surface area contributed by atoms with Crippen LogP contribution >= 0.6 is 11.6 Å². The van der Waals surface area contributed by atoms with Crippen molar-refractivity contribution in [3.63, 3.8) is 0 Å². The summed E-state index contributed by atoms with van der Waals surface area (Å²) in [5.41, 5.74) is 9.76. The van der Waals surface area contributed by atoms with Crippen LogP contribution in [-0.4, -0.2) is 0 Å². The molecule has 3 heteroatoms. The van der Waals surface area contributed by atoms with Crippen molar-refractivity contribution in [2.45, 2.75) is 19.9 Å². The maximum atomic E-state index is 13.2. The maximum Gasteiger partial charge on any atom is 0.126 e. The van der Waals surface area contributed by atoms with Crippen LogP contribution in [0.2, 0.25) is 5.02 Å². The Labute approximate surface area is 111 Å². The Morgan fingerprint density at radius 3 is 2.44 bits per heavy atom. The lowest BCUT2D eigenvalue weighted by atomic mass is 9.95. The second kappa shape index (κ2) is 5.09. The molecule has 2 rings (SSSR count). The van der Waals surface area contributed by atoms with Crippen molar-refractivity contribution in [1.29, 1.82) is 0 Å². The molecule has 0 fully saturated rings. The van der Waals surface area contributed by atoms with Crippen molar-refractivity contribution in [3.8, 4) is 0 Å². The zero-order valence-electron chi connectivity index (χ0n) is 10.4. The third kappa shape index (κ3) is 2.55. The van der Waals surface area contributed by atoms with Crippen molar-refractivity contribution < 1.29 is 4.39 Å². The van der Waals surface area contributed by atoms with Crippen molar-refractivity contribution in [3.05, 3.63) is 69.5 Å². The van der Waals surface area contributed by atoms with Crippen molar-refractivity contribution in [1.82, 2.24) is 0 Å². The van der Waals surface area contributed by atoms with Gasteiger partial charge in [-0.25, -0.2) is 4.39 Å². The first-order valence-electron chi connectivity index (χ1n) is 5.76. The largest absolute Gasteiger partial charge is 0.320 e. The van der Waals surface area contributed by atoms with Gasteiger partial charge < -0.3 is 5.73 Å². The number of nitrogens with two attached hydrogens (primary N) is 1. The van der Waals surface area contributed by atoms with Crippen LogP contribution in [0, 0.1) is 19.7 Å². The third-order valence-corrected chi connectivity index (χ3v) is 3.35. The minimum Gasteiger partial charge on any atom is -0.320 e. The molecule has 0 saturated heterocycles. The zero-order valence-corrected chi connectivity index (χ0v) is 11.1. The van der Waals surface area contributed by atoms with Gasteiger partial charge in [0.15, 0.2) is 0 Å². The number of hydrogen-bond acceptors (Lipinski definition) is 1. The minimum absolute atomic E-state index is 0.214. The Morgan fingerprint density at radius 1 is 1.06 bits per heavy atom. The highest BCUT2D eigenvalue weighted by molar-refractivity contribution is 6.30. The lowest BCUT2D eigenvalue weighted by Crippen LogP contribution is -2.13. The summed E-state index contributed by atoms with van der Waals surface area (Å²) in [5.74, 6) is -0.214. The van der Waals surface area contributed by atoms with Gasteiger partial charge in [-0.2, -0.15) is 0 Å². The molecule has 94 valence electrons. The first-order valence-corrected chi connectivity index (χ1v) is 6.14. The van der Waals surface area contributed by atoms with E-state index < -0.39 is 0 Å². The smallest absolute Gasteiger partial charge is 0.126 e. The van der Waals surface area contributed by atoms with Crippen LogP contribution in [0.3, 0.4) is 0 Å². The van der Waals surface area contributed by atoms with Crippen molar-refractivity contribution in [2.75, 3.05) is 0 Å². The molecule has 1 nitrogen and oxygen atoms in total. The van der Waals surface area contributed by atoms with Crippen molar-refractivity contribution in [2.24, 2.45) is 5.73 Å². The molecule has 0 heterocycles. The molecule has 2 N–H and O–H groups in total. The summed E-state index contributed by atoms with van der Waals surface area (Å²) in [5, 5.41) is 0.657. The van der Waals surface area contributed by atoms with Gasteiger partial charge in [0.2, 0.25) is 0 Å². The van der Waals surface area contributed by atoms with E-state index in [2.05, 4.69) is 0 Å². The van der Waals surface area contributed by atoms with Crippen LogP contribution in [0.4, 0.5) is 4.39 Å². The highest BCUT2D eigenvalue weighted by atomic mass is 35.5. The first-order chi connectivity index (χ1) is 8.49. The van der Waals surface area contributed by atoms with Gasteiger partial charge in [-0.3, -0.25) is 0 Å². The molecule has 0 amide bonds. The molecule has 0 aliphatic heterocycles. The third-order valence-electron chi connectivity index (χ3n) is 3.12. The van der Waals surface area contributed by atoms with E-state index in [9.17, 15) is 4.39 Å². The molecular weight excluding hydrogens is 249 g/mol. The monoisotopic (exact) mass is 263 g/mol. The van der Waals surface area contributed by atoms with Crippen LogP contribution in [-0.2, 0) is 0 Å². The van der Waals surface area contributed by atoms with E-state index in [4.69, 9.17) is 17.3 Å². The van der Waals surface area contributed by atoms with E-state index >= 15 is 0 Å². The molecular formula is C15H15ClFN. The summed E-state index contributed by atoms with van der Waals surface area (Å²) in [7, 11) is 0. The van der Waals surface area contributed by atoms with Gasteiger partial charge >= 0.3 is 0 Å². The molecule has 0 aliphatic rings. The summed E-state index contributed by atoms with van der Waals surface area (Å²) in [4.78, 5) is 0. The van der Waals surface area contributed by atoms with E-state index in [1.54, 1.807) is 19.1 Å². The molecule has 1 unspecified atom stereocenters. The summed E-state index contributed by atoms with van der Waals surface area (Å²) in [6.45, 7) is 3.72. The lowest BCUT2D eigenvalue weighted by Gasteiger charge is -2.16. The summed E-state index contributed by atoms with van der Waals surface area (Å²) in [6, 6.07) is 10.3. The Bertz CT molecular complexity index is 581. The summed E-state index contributed by atoms with van der Waals surface area (Å²) >= 11 is 5.99. The SMILES string of the molecule is Cc1cc(C(N)c2cc(Cl)ccc2C)ccc1F. The van der Waals surface area contributed by atoms with Gasteiger partial charge in [-0.05, 0) is 54.3 Å². The van der Waals surface area contributed by atoms with E-state index in [1.807, 2.05) is 25.1 Å². The van der Waals surface area contributed by atoms with Crippen LogP contribution in [0.1, 0.15) is 28.3 Å². The van der Waals surface area contributed by atoms with Gasteiger partial charge in [0, 0.05) is 5.02 Å². The van der Waals surface area contributed by atoms with Gasteiger partial charge in [-0.15, -0.1) is 0 Å². The van der Waals surface area contributed by atoms with Gasteiger partial charge in [0.25, 0.3) is 0 Å². The first kappa shape index (κ1) is 13.1. The lowest BCUT2D eigenvalue weighted by molar-refractivity contribution is 0.617. The average molecular weight is 264 g/mol. The Morgan fingerprint density at radius 2 is 1.78 bits per heavy atom. The fraction of sp³-hybridized carbons (Fsp3) is 0.200. The summed E-state index contributed by atoms with van der Waals surface area (Å²) in [6.07, 6.45) is 0. The predicted molar refractivity (Wildman–Crippen MR) is 73.4 cm³/mol. The predicted octanol–water partition coefficient (Wildman–Crippen LogP) is 4.14. The van der Waals surface area contributed by atoms with Crippen LogP contribution < -0.4 is 5.73 Å². The maximum absolute atomic E-state index is 13.2. The second-order valence-corrected chi connectivity index (χ2v) is 4.92. The van der Waals surface area contributed by atoms with Crippen LogP contribution in [0.15, 0.2) is 36.4 Å². The topological polar surface area (TPSA) is 26.0 Å². The van der Waals surface area contributed by atoms with Gasteiger partial charge in [-0.1, -0.05) is 29.8 Å². The van der Waals surface area contributed by atoms with Crippen LogP contribution in [0.5, 0.6) is 0 Å². The quantitative estimate of drug-likeness (QED) is 0.866. The minimum atomic E-state index is -0.289. The average Bonchev–Trinajstić information content (AvgIpc) is 2.35. The molecule has 2 aromatic rings. The molecule has 0 spiro atoms. The van der Waals surface area contributed by atoms with Crippen LogP contribution in [0.25, 0.3) is 0 Å². The molecule has 0 bridgehead atoms. The standard InChI is InChI=1S/C15H15ClFN/c1-9-3-5-12(16)8-13(9)15(18)11-4-6-14(17)10(2)7-11/h3-8,15H,18H2,1-2H3. The Hall–Kier alpha value is -1.38. The molecule has 0 aromatic heterocycles. The molecule has 2 aromatic carbocycles.